The number of carbonyl (C=O) groups is 3. The second-order valence-corrected chi connectivity index (χ2v) is 6.23. The van der Waals surface area contributed by atoms with E-state index in [2.05, 4.69) is 5.32 Å². The van der Waals surface area contributed by atoms with E-state index in [0.717, 1.165) is 0 Å². The molecule has 0 aliphatic carbocycles. The Hall–Kier alpha value is -1.84. The van der Waals surface area contributed by atoms with Crippen LogP contribution in [0.4, 0.5) is 13.2 Å². The molecule has 0 spiro atoms. The smallest absolute Gasteiger partial charge is 0.378 e. The molecule has 0 aromatic heterocycles. The highest BCUT2D eigenvalue weighted by Gasteiger charge is 2.43. The van der Waals surface area contributed by atoms with Crippen LogP contribution in [0.2, 0.25) is 0 Å². The Morgan fingerprint density at radius 2 is 1.60 bits per heavy atom. The van der Waals surface area contributed by atoms with Crippen LogP contribution in [-0.2, 0) is 19.1 Å². The van der Waals surface area contributed by atoms with E-state index >= 15 is 0 Å². The molecule has 2 rings (SSSR count). The van der Waals surface area contributed by atoms with E-state index in [1.807, 2.05) is 0 Å². The standard InChI is InChI=1S/C15H22F3N3O4/c1-10(13(23)20-6-8-25-9-7-20)19-12(22)11-2-4-21(5-3-11)14(24)15(16,17)18/h10-11H,2-9H2,1H3,(H,19,22)/t10-/m0/s1. The zero-order chi connectivity index (χ0) is 18.6. The fraction of sp³-hybridized carbons (Fsp3) is 0.800. The Balaban J connectivity index is 1.80. The molecule has 0 unspecified atom stereocenters. The van der Waals surface area contributed by atoms with Crippen molar-refractivity contribution in [1.82, 2.24) is 15.1 Å². The first-order valence-corrected chi connectivity index (χ1v) is 8.23. The summed E-state index contributed by atoms with van der Waals surface area (Å²) in [5, 5.41) is 2.62. The van der Waals surface area contributed by atoms with Crippen molar-refractivity contribution in [2.75, 3.05) is 39.4 Å². The molecular weight excluding hydrogens is 343 g/mol. The number of alkyl halides is 3. The van der Waals surface area contributed by atoms with Crippen LogP contribution in [0.25, 0.3) is 0 Å². The summed E-state index contributed by atoms with van der Waals surface area (Å²) in [6.07, 6.45) is -4.60. The Morgan fingerprint density at radius 3 is 2.12 bits per heavy atom. The quantitative estimate of drug-likeness (QED) is 0.772. The van der Waals surface area contributed by atoms with Crippen LogP contribution in [0.3, 0.4) is 0 Å². The van der Waals surface area contributed by atoms with Gasteiger partial charge >= 0.3 is 12.1 Å². The number of nitrogens with one attached hydrogen (secondary N) is 1. The highest BCUT2D eigenvalue weighted by molar-refractivity contribution is 5.88. The van der Waals surface area contributed by atoms with E-state index in [1.165, 1.54) is 0 Å². The minimum Gasteiger partial charge on any atom is -0.378 e. The SMILES string of the molecule is C[C@H](NC(=O)C1CCN(C(=O)C(F)(F)F)CC1)C(=O)N1CCOCC1. The average Bonchev–Trinajstić information content (AvgIpc) is 2.60. The molecule has 2 aliphatic rings. The number of hydrogen-bond acceptors (Lipinski definition) is 4. The van der Waals surface area contributed by atoms with Crippen molar-refractivity contribution in [3.63, 3.8) is 0 Å². The highest BCUT2D eigenvalue weighted by Crippen LogP contribution is 2.24. The van der Waals surface area contributed by atoms with Gasteiger partial charge in [0.2, 0.25) is 11.8 Å². The maximum atomic E-state index is 12.4. The third-order valence-electron chi connectivity index (χ3n) is 4.45. The van der Waals surface area contributed by atoms with Crippen LogP contribution in [0, 0.1) is 5.92 Å². The van der Waals surface area contributed by atoms with Gasteiger partial charge in [0.15, 0.2) is 0 Å². The van der Waals surface area contributed by atoms with Gasteiger partial charge in [-0.25, -0.2) is 0 Å². The minimum absolute atomic E-state index is 0.123. The van der Waals surface area contributed by atoms with Crippen LogP contribution in [0.5, 0.6) is 0 Å². The van der Waals surface area contributed by atoms with Gasteiger partial charge < -0.3 is 19.9 Å². The summed E-state index contributed by atoms with van der Waals surface area (Å²) in [4.78, 5) is 38.0. The van der Waals surface area contributed by atoms with E-state index in [9.17, 15) is 27.6 Å². The van der Waals surface area contributed by atoms with Gasteiger partial charge in [-0.2, -0.15) is 13.2 Å². The number of morpholine rings is 1. The Labute approximate surface area is 143 Å². The van der Waals surface area contributed by atoms with Crippen molar-refractivity contribution in [1.29, 1.82) is 0 Å². The topological polar surface area (TPSA) is 79.0 Å². The van der Waals surface area contributed by atoms with E-state index in [-0.39, 0.29) is 37.7 Å². The van der Waals surface area contributed by atoms with Crippen LogP contribution in [0.15, 0.2) is 0 Å². The molecule has 0 aromatic carbocycles. The molecule has 25 heavy (non-hydrogen) atoms. The summed E-state index contributed by atoms with van der Waals surface area (Å²) in [5.74, 6) is -2.95. The summed E-state index contributed by atoms with van der Waals surface area (Å²) in [7, 11) is 0. The maximum absolute atomic E-state index is 12.4. The first kappa shape index (κ1) is 19.5. The number of hydrogen-bond donors (Lipinski definition) is 1. The van der Waals surface area contributed by atoms with Crippen molar-refractivity contribution in [2.45, 2.75) is 32.0 Å². The molecule has 0 saturated carbocycles. The summed E-state index contributed by atoms with van der Waals surface area (Å²) >= 11 is 0. The molecule has 10 heteroatoms. The van der Waals surface area contributed by atoms with Crippen molar-refractivity contribution < 1.29 is 32.3 Å². The first-order chi connectivity index (χ1) is 11.7. The average molecular weight is 365 g/mol. The lowest BCUT2D eigenvalue weighted by atomic mass is 9.95. The van der Waals surface area contributed by atoms with Gasteiger partial charge in [-0.15, -0.1) is 0 Å². The molecule has 2 fully saturated rings. The second-order valence-electron chi connectivity index (χ2n) is 6.23. The molecule has 2 saturated heterocycles. The number of likely N-dealkylation sites (tertiary alicyclic amines) is 1. The molecule has 142 valence electrons. The number of rotatable bonds is 3. The fourth-order valence-corrected chi connectivity index (χ4v) is 2.97. The molecule has 0 bridgehead atoms. The number of nitrogens with zero attached hydrogens (tertiary/aromatic N) is 2. The molecule has 2 heterocycles. The van der Waals surface area contributed by atoms with Crippen molar-refractivity contribution in [3.8, 4) is 0 Å². The highest BCUT2D eigenvalue weighted by atomic mass is 19.4. The van der Waals surface area contributed by atoms with Gasteiger partial charge in [0.05, 0.1) is 13.2 Å². The van der Waals surface area contributed by atoms with Crippen LogP contribution in [-0.4, -0.2) is 79.1 Å². The predicted octanol–water partition coefficient (Wildman–Crippen LogP) is 0.151. The lowest BCUT2D eigenvalue weighted by Crippen LogP contribution is -2.53. The van der Waals surface area contributed by atoms with Crippen molar-refractivity contribution >= 4 is 17.7 Å². The van der Waals surface area contributed by atoms with Gasteiger partial charge in [-0.3, -0.25) is 14.4 Å². The number of ether oxygens (including phenoxy) is 1. The summed E-state index contributed by atoms with van der Waals surface area (Å²) in [6.45, 7) is 3.19. The molecule has 0 radical (unpaired) electrons. The van der Waals surface area contributed by atoms with Crippen LogP contribution >= 0.6 is 0 Å². The van der Waals surface area contributed by atoms with Crippen molar-refractivity contribution in [3.05, 3.63) is 0 Å². The number of carbonyl (C=O) groups excluding carboxylic acids is 3. The van der Waals surface area contributed by atoms with Gasteiger partial charge in [0, 0.05) is 32.1 Å². The molecule has 2 aliphatic heterocycles. The third kappa shape index (κ3) is 5.07. The van der Waals surface area contributed by atoms with Crippen LogP contribution in [0.1, 0.15) is 19.8 Å². The molecule has 0 aromatic rings. The zero-order valence-corrected chi connectivity index (χ0v) is 14.0. The Morgan fingerprint density at radius 1 is 1.04 bits per heavy atom. The van der Waals surface area contributed by atoms with Crippen molar-refractivity contribution in [2.24, 2.45) is 5.92 Å². The Bertz CT molecular complexity index is 513. The summed E-state index contributed by atoms with van der Waals surface area (Å²) in [6, 6.07) is -0.708. The normalized spacial score (nSPS) is 21.0. The predicted molar refractivity (Wildman–Crippen MR) is 80.4 cm³/mol. The maximum Gasteiger partial charge on any atom is 0.471 e. The third-order valence-corrected chi connectivity index (χ3v) is 4.45. The molecule has 7 nitrogen and oxygen atoms in total. The van der Waals surface area contributed by atoms with Crippen LogP contribution < -0.4 is 5.32 Å². The lowest BCUT2D eigenvalue weighted by Gasteiger charge is -2.33. The van der Waals surface area contributed by atoms with Gasteiger partial charge in [-0.1, -0.05) is 0 Å². The van der Waals surface area contributed by atoms with E-state index < -0.39 is 24.0 Å². The monoisotopic (exact) mass is 365 g/mol. The van der Waals surface area contributed by atoms with Gasteiger partial charge in [0.25, 0.3) is 0 Å². The van der Waals surface area contributed by atoms with E-state index in [1.54, 1.807) is 11.8 Å². The van der Waals surface area contributed by atoms with E-state index in [0.29, 0.717) is 31.2 Å². The molecule has 1 atom stereocenters. The fourth-order valence-electron chi connectivity index (χ4n) is 2.97. The zero-order valence-electron chi connectivity index (χ0n) is 14.0. The minimum atomic E-state index is -4.89. The second kappa shape index (κ2) is 8.03. The number of halogens is 3. The molecule has 3 amide bonds. The van der Waals surface area contributed by atoms with E-state index in [4.69, 9.17) is 4.74 Å². The molecular formula is C15H22F3N3O4. The Kier molecular flexibility index (Phi) is 6.26. The number of piperidine rings is 1. The summed E-state index contributed by atoms with van der Waals surface area (Å²) < 4.78 is 42.4. The van der Waals surface area contributed by atoms with Gasteiger partial charge in [0.1, 0.15) is 6.04 Å². The summed E-state index contributed by atoms with van der Waals surface area (Å²) in [5.41, 5.74) is 0. The number of amides is 3. The van der Waals surface area contributed by atoms with Gasteiger partial charge in [-0.05, 0) is 19.8 Å². The lowest BCUT2D eigenvalue weighted by molar-refractivity contribution is -0.186. The molecule has 1 N–H and O–H groups in total. The first-order valence-electron chi connectivity index (χ1n) is 8.23. The largest absolute Gasteiger partial charge is 0.471 e.